The van der Waals surface area contributed by atoms with E-state index >= 15 is 0 Å². The van der Waals surface area contributed by atoms with Crippen LogP contribution in [0.5, 0.6) is 23.0 Å². The molecule has 0 fully saturated rings. The van der Waals surface area contributed by atoms with Crippen molar-refractivity contribution in [3.63, 3.8) is 0 Å². The molecule has 0 unspecified atom stereocenters. The Bertz CT molecular complexity index is 2590. The smallest absolute Gasteiger partial charge is 0.261 e. The van der Waals surface area contributed by atoms with E-state index in [-0.39, 0.29) is 49.0 Å². The number of carbonyl (C=O) groups excluding carboxylic acids is 4. The van der Waals surface area contributed by atoms with Gasteiger partial charge in [-0.1, -0.05) is 36.4 Å². The number of hydrogen-bond donors (Lipinski definition) is 2. The number of anilines is 4. The Balaban J connectivity index is 1.03. The number of methoxy groups -OCH3 is 2. The third-order valence-corrected chi connectivity index (χ3v) is 11.6. The molecule has 0 bridgehead atoms. The molecular formula is C48H48N6O8. The summed E-state index contributed by atoms with van der Waals surface area (Å²) in [6, 6.07) is 27.6. The molecule has 0 saturated carbocycles. The van der Waals surface area contributed by atoms with E-state index in [0.29, 0.717) is 72.0 Å². The van der Waals surface area contributed by atoms with Crippen LogP contribution >= 0.6 is 0 Å². The summed E-state index contributed by atoms with van der Waals surface area (Å²) in [6.07, 6.45) is 4.51. The fourth-order valence-corrected chi connectivity index (χ4v) is 8.34. The van der Waals surface area contributed by atoms with E-state index in [1.165, 1.54) is 14.2 Å². The van der Waals surface area contributed by atoms with Gasteiger partial charge in [0.15, 0.2) is 29.3 Å². The fourth-order valence-electron chi connectivity index (χ4n) is 8.34. The highest BCUT2D eigenvalue weighted by molar-refractivity contribution is 6.14. The zero-order valence-corrected chi connectivity index (χ0v) is 35.1. The van der Waals surface area contributed by atoms with E-state index in [2.05, 4.69) is 5.32 Å². The number of fused-ring (bicyclic) bond motifs is 5. The summed E-state index contributed by atoms with van der Waals surface area (Å²) in [7, 11) is 6.82. The third-order valence-electron chi connectivity index (χ3n) is 11.6. The van der Waals surface area contributed by atoms with Crippen molar-refractivity contribution < 1.29 is 38.1 Å². The monoisotopic (exact) mass is 836 g/mol. The predicted molar refractivity (Wildman–Crippen MR) is 238 cm³/mol. The number of para-hydroxylation sites is 2. The molecule has 3 N–H and O–H groups in total. The molecule has 2 atom stereocenters. The Labute approximate surface area is 359 Å². The van der Waals surface area contributed by atoms with Gasteiger partial charge in [0.1, 0.15) is 19.3 Å². The van der Waals surface area contributed by atoms with Crippen LogP contribution in [0.3, 0.4) is 0 Å². The lowest BCUT2D eigenvalue weighted by Gasteiger charge is -2.23. The summed E-state index contributed by atoms with van der Waals surface area (Å²) in [4.78, 5) is 61.8. The zero-order valence-electron chi connectivity index (χ0n) is 35.1. The fraction of sp³-hybridized carbons (Fsp3) is 0.271. The van der Waals surface area contributed by atoms with Crippen LogP contribution in [0.15, 0.2) is 96.0 Å². The van der Waals surface area contributed by atoms with Gasteiger partial charge in [0.05, 0.1) is 37.2 Å². The van der Waals surface area contributed by atoms with Gasteiger partial charge in [0.25, 0.3) is 5.91 Å². The van der Waals surface area contributed by atoms with Crippen LogP contribution in [0.2, 0.25) is 0 Å². The van der Waals surface area contributed by atoms with Crippen LogP contribution < -0.4 is 44.7 Å². The molecule has 8 rings (SSSR count). The van der Waals surface area contributed by atoms with Gasteiger partial charge in [0.2, 0.25) is 11.8 Å². The first-order chi connectivity index (χ1) is 30.0. The maximum absolute atomic E-state index is 14.0. The molecule has 3 aliphatic rings. The summed E-state index contributed by atoms with van der Waals surface area (Å²) >= 11 is 0. The molecule has 14 heteroatoms. The number of benzene rings is 5. The van der Waals surface area contributed by atoms with Crippen LogP contribution in [0.4, 0.5) is 28.4 Å². The Morgan fingerprint density at radius 1 is 0.855 bits per heavy atom. The van der Waals surface area contributed by atoms with Crippen molar-refractivity contribution in [2.75, 3.05) is 54.9 Å². The average Bonchev–Trinajstić information content (AvgIpc) is 3.79. The molecule has 0 radical (unpaired) electrons. The van der Waals surface area contributed by atoms with Crippen LogP contribution in [0, 0.1) is 0 Å². The highest BCUT2D eigenvalue weighted by Crippen LogP contribution is 2.42. The van der Waals surface area contributed by atoms with Gasteiger partial charge < -0.3 is 39.8 Å². The largest absolute Gasteiger partial charge is 0.493 e. The van der Waals surface area contributed by atoms with Crippen molar-refractivity contribution in [1.29, 1.82) is 0 Å². The van der Waals surface area contributed by atoms with E-state index in [0.717, 1.165) is 39.3 Å². The van der Waals surface area contributed by atoms with Crippen molar-refractivity contribution >= 4 is 58.7 Å². The van der Waals surface area contributed by atoms with E-state index < -0.39 is 6.04 Å². The summed E-state index contributed by atoms with van der Waals surface area (Å²) in [5.74, 6) is 0.663. The number of rotatable bonds is 16. The SMILES string of the molecule is COc1cc2c(cc1OCc1cc(COc3cc(NC(=O)[C@@H]4Cc5ccccc5N4C)c(C=O)cc3OC)cc(N(C)CCCC(N)=O)c1)N=C[C@@H]1Cc3ccccc3N1C2=O. The van der Waals surface area contributed by atoms with Gasteiger partial charge in [-0.05, 0) is 71.1 Å². The number of nitrogens with zero attached hydrogens (tertiary/aromatic N) is 4. The topological polar surface area (TPSA) is 165 Å². The minimum Gasteiger partial charge on any atom is -0.493 e. The number of hydrogen-bond acceptors (Lipinski definition) is 11. The number of aldehydes is 1. The van der Waals surface area contributed by atoms with Gasteiger partial charge in [-0.15, -0.1) is 0 Å². The van der Waals surface area contributed by atoms with Crippen LogP contribution in [0.1, 0.15) is 55.8 Å². The zero-order chi connectivity index (χ0) is 43.5. The first kappa shape index (κ1) is 41.4. The molecule has 0 saturated heterocycles. The number of aliphatic imine (C=N–C) groups is 1. The number of amides is 3. The van der Waals surface area contributed by atoms with Crippen molar-refractivity contribution in [1.82, 2.24) is 0 Å². The van der Waals surface area contributed by atoms with Crippen LogP contribution in [0.25, 0.3) is 0 Å². The molecule has 14 nitrogen and oxygen atoms in total. The molecule has 3 heterocycles. The lowest BCUT2D eigenvalue weighted by molar-refractivity contribution is -0.118. The van der Waals surface area contributed by atoms with Crippen molar-refractivity contribution in [2.24, 2.45) is 10.7 Å². The van der Waals surface area contributed by atoms with Gasteiger partial charge >= 0.3 is 0 Å². The maximum atomic E-state index is 14.0. The normalized spacial score (nSPS) is 15.8. The summed E-state index contributed by atoms with van der Waals surface area (Å²) < 4.78 is 24.2. The standard InChI is InChI=1S/C48H48N6O8/c1-52(15-9-14-46(49)56)34-17-29(27-61-44-23-37(33(26-55)21-42(44)59-3)51-47(57)41-20-32-11-5-7-12-39(32)53(41)2)16-30(18-34)28-62-45-24-38-36(22-43(45)60-4)48(58)54-35(25-50-38)19-31-10-6-8-13-40(31)54/h5-8,10-13,16-18,21-26,35,41H,9,14-15,19-20,27-28H2,1-4H3,(H2,49,56)(H,51,57)/t35-,41-/m0/s1. The Morgan fingerprint density at radius 3 is 2.16 bits per heavy atom. The number of likely N-dealkylation sites (N-methyl/N-ethyl adjacent to an activating group) is 1. The third kappa shape index (κ3) is 8.36. The number of primary amides is 1. The summed E-state index contributed by atoms with van der Waals surface area (Å²) in [5.41, 5.74) is 13.3. The number of ether oxygens (including phenoxy) is 4. The van der Waals surface area contributed by atoms with Gasteiger partial charge in [-0.25, -0.2) is 0 Å². The van der Waals surface area contributed by atoms with E-state index in [9.17, 15) is 19.2 Å². The molecule has 5 aromatic rings. The summed E-state index contributed by atoms with van der Waals surface area (Å²) in [6.45, 7) is 0.768. The lowest BCUT2D eigenvalue weighted by atomic mass is 10.1. The summed E-state index contributed by atoms with van der Waals surface area (Å²) in [5, 5.41) is 2.96. The lowest BCUT2D eigenvalue weighted by Crippen LogP contribution is -2.39. The Morgan fingerprint density at radius 2 is 1.50 bits per heavy atom. The van der Waals surface area contributed by atoms with Gasteiger partial charge in [-0.2, -0.15) is 0 Å². The second-order valence-corrected chi connectivity index (χ2v) is 15.6. The number of nitrogens with two attached hydrogens (primary N) is 1. The molecule has 0 spiro atoms. The van der Waals surface area contributed by atoms with Crippen molar-refractivity contribution in [3.8, 4) is 23.0 Å². The van der Waals surface area contributed by atoms with Crippen molar-refractivity contribution in [2.45, 2.75) is 51.0 Å². The van der Waals surface area contributed by atoms with E-state index in [1.807, 2.05) is 96.8 Å². The van der Waals surface area contributed by atoms with E-state index in [4.69, 9.17) is 29.7 Å². The minimum atomic E-state index is -0.460. The van der Waals surface area contributed by atoms with Crippen molar-refractivity contribution in [3.05, 3.63) is 124 Å². The average molecular weight is 837 g/mol. The Kier molecular flexibility index (Phi) is 11.8. The molecule has 318 valence electrons. The first-order valence-electron chi connectivity index (χ1n) is 20.4. The molecule has 3 amide bonds. The highest BCUT2D eigenvalue weighted by Gasteiger charge is 2.37. The maximum Gasteiger partial charge on any atom is 0.261 e. The number of carbonyl (C=O) groups is 4. The van der Waals surface area contributed by atoms with Gasteiger partial charge in [-0.3, -0.25) is 29.1 Å². The molecule has 62 heavy (non-hydrogen) atoms. The minimum absolute atomic E-state index is 0.0839. The molecule has 3 aliphatic heterocycles. The van der Waals surface area contributed by atoms with Gasteiger partial charge in [0, 0.05) is 80.9 Å². The molecular weight excluding hydrogens is 789 g/mol. The molecule has 0 aromatic heterocycles. The number of nitrogens with one attached hydrogen (secondary N) is 1. The second kappa shape index (κ2) is 17.7. The quantitative estimate of drug-likeness (QED) is 0.103. The highest BCUT2D eigenvalue weighted by atomic mass is 16.5. The molecule has 5 aromatic carbocycles. The van der Waals surface area contributed by atoms with Crippen LogP contribution in [-0.4, -0.2) is 77.2 Å². The molecule has 0 aliphatic carbocycles. The Hall–Kier alpha value is -7.35. The van der Waals surface area contributed by atoms with Crippen LogP contribution in [-0.2, 0) is 35.6 Å². The second-order valence-electron chi connectivity index (χ2n) is 15.6. The first-order valence-corrected chi connectivity index (χ1v) is 20.4. The predicted octanol–water partition coefficient (Wildman–Crippen LogP) is 6.66. The van der Waals surface area contributed by atoms with E-state index in [1.54, 1.807) is 29.2 Å².